The number of hydrogen-bond acceptors (Lipinski definition) is 2. The van der Waals surface area contributed by atoms with Crippen LogP contribution in [-0.4, -0.2) is 29.9 Å². The Morgan fingerprint density at radius 2 is 1.65 bits per heavy atom. The molecule has 1 aliphatic heterocycles. The molecule has 2 N–H and O–H groups in total. The summed E-state index contributed by atoms with van der Waals surface area (Å²) in [5.74, 6) is 0.303. The number of nitrogens with zero attached hydrogens (tertiary/aromatic N) is 1. The van der Waals surface area contributed by atoms with Crippen LogP contribution in [0.1, 0.15) is 33.0 Å². The van der Waals surface area contributed by atoms with Gasteiger partial charge in [0, 0.05) is 30.6 Å². The largest absolute Gasteiger partial charge is 0.336 e. The highest BCUT2D eigenvalue weighted by Crippen LogP contribution is 2.27. The van der Waals surface area contributed by atoms with E-state index < -0.39 is 0 Å². The molecular weight excluding hydrogens is 308 g/mol. The molecule has 0 spiro atoms. The number of likely N-dealkylation sites (tertiary alicyclic amines) is 1. The van der Waals surface area contributed by atoms with Gasteiger partial charge in [-0.1, -0.05) is 47.5 Å². The second-order valence-corrected chi connectivity index (χ2v) is 6.27. The van der Waals surface area contributed by atoms with Crippen LogP contribution in [0.25, 0.3) is 0 Å². The van der Waals surface area contributed by atoms with Crippen molar-refractivity contribution in [3.8, 4) is 0 Å². The van der Waals surface area contributed by atoms with Crippen LogP contribution in [0.5, 0.6) is 0 Å². The topological polar surface area (TPSA) is 46.3 Å². The zero-order chi connectivity index (χ0) is 15.7. The number of halogens is 1. The third-order valence-corrected chi connectivity index (χ3v) is 4.35. The van der Waals surface area contributed by atoms with Gasteiger partial charge in [0.25, 0.3) is 5.91 Å². The highest BCUT2D eigenvalue weighted by molar-refractivity contribution is 5.95. The maximum absolute atomic E-state index is 12.7. The summed E-state index contributed by atoms with van der Waals surface area (Å²) in [6.45, 7) is 5.35. The molecule has 2 aromatic rings. The number of nitrogens with two attached hydrogens (primary N) is 1. The maximum Gasteiger partial charge on any atom is 0.253 e. The molecule has 1 amide bonds. The van der Waals surface area contributed by atoms with E-state index in [9.17, 15) is 4.79 Å². The van der Waals surface area contributed by atoms with Gasteiger partial charge in [-0.15, -0.1) is 12.4 Å². The first-order chi connectivity index (χ1) is 10.5. The predicted octanol–water partition coefficient (Wildman–Crippen LogP) is 3.29. The quantitative estimate of drug-likeness (QED) is 0.918. The first kappa shape index (κ1) is 17.5. The number of carbonyl (C=O) groups is 1. The summed E-state index contributed by atoms with van der Waals surface area (Å²) < 4.78 is 0. The molecule has 1 aliphatic rings. The molecular formula is C19H23ClN2O. The molecule has 1 heterocycles. The lowest BCUT2D eigenvalue weighted by molar-refractivity contribution is 0.0789. The first-order valence-electron chi connectivity index (χ1n) is 7.72. The molecule has 0 aromatic heterocycles. The van der Waals surface area contributed by atoms with Gasteiger partial charge in [0.1, 0.15) is 0 Å². The minimum absolute atomic E-state index is 0. The SMILES string of the molecule is Cc1cc(C)cc(C(=O)N2C[C@@H](N)[C@H](c3ccccc3)C2)c1.Cl. The van der Waals surface area contributed by atoms with Crippen molar-refractivity contribution < 1.29 is 4.79 Å². The van der Waals surface area contributed by atoms with E-state index in [1.54, 1.807) is 0 Å². The van der Waals surface area contributed by atoms with Crippen LogP contribution in [0.3, 0.4) is 0 Å². The van der Waals surface area contributed by atoms with Crippen molar-refractivity contribution in [3.05, 3.63) is 70.8 Å². The molecule has 1 saturated heterocycles. The van der Waals surface area contributed by atoms with Crippen molar-refractivity contribution in [1.82, 2.24) is 4.90 Å². The van der Waals surface area contributed by atoms with Gasteiger partial charge < -0.3 is 10.6 Å². The van der Waals surface area contributed by atoms with Gasteiger partial charge in [-0.2, -0.15) is 0 Å². The summed E-state index contributed by atoms with van der Waals surface area (Å²) in [5, 5.41) is 0. The highest BCUT2D eigenvalue weighted by Gasteiger charge is 2.34. The van der Waals surface area contributed by atoms with Crippen molar-refractivity contribution >= 4 is 18.3 Å². The van der Waals surface area contributed by atoms with E-state index in [0.717, 1.165) is 16.7 Å². The van der Waals surface area contributed by atoms with E-state index >= 15 is 0 Å². The molecule has 0 radical (unpaired) electrons. The molecule has 2 aromatic carbocycles. The molecule has 122 valence electrons. The number of carbonyl (C=O) groups excluding carboxylic acids is 1. The highest BCUT2D eigenvalue weighted by atomic mass is 35.5. The predicted molar refractivity (Wildman–Crippen MR) is 96.2 cm³/mol. The lowest BCUT2D eigenvalue weighted by Crippen LogP contribution is -2.32. The van der Waals surface area contributed by atoms with E-state index in [2.05, 4.69) is 18.2 Å². The molecule has 1 fully saturated rings. The van der Waals surface area contributed by atoms with Crippen molar-refractivity contribution in [2.75, 3.05) is 13.1 Å². The van der Waals surface area contributed by atoms with Gasteiger partial charge in [0.15, 0.2) is 0 Å². The summed E-state index contributed by atoms with van der Waals surface area (Å²) in [5.41, 5.74) is 10.5. The van der Waals surface area contributed by atoms with E-state index in [0.29, 0.717) is 13.1 Å². The second-order valence-electron chi connectivity index (χ2n) is 6.27. The van der Waals surface area contributed by atoms with Crippen LogP contribution in [-0.2, 0) is 0 Å². The summed E-state index contributed by atoms with van der Waals surface area (Å²) in [6, 6.07) is 16.2. The van der Waals surface area contributed by atoms with Gasteiger partial charge in [0.05, 0.1) is 0 Å². The summed E-state index contributed by atoms with van der Waals surface area (Å²) in [6.07, 6.45) is 0. The van der Waals surface area contributed by atoms with Gasteiger partial charge in [-0.25, -0.2) is 0 Å². The lowest BCUT2D eigenvalue weighted by atomic mass is 9.95. The maximum atomic E-state index is 12.7. The fourth-order valence-corrected chi connectivity index (χ4v) is 3.33. The molecule has 3 rings (SSSR count). The van der Waals surface area contributed by atoms with E-state index in [1.165, 1.54) is 5.56 Å². The molecule has 0 bridgehead atoms. The van der Waals surface area contributed by atoms with Crippen LogP contribution in [0.15, 0.2) is 48.5 Å². The van der Waals surface area contributed by atoms with Gasteiger partial charge in [-0.05, 0) is 31.5 Å². The normalized spacial score (nSPS) is 20.2. The second kappa shape index (κ2) is 7.16. The average molecular weight is 331 g/mol. The van der Waals surface area contributed by atoms with Crippen molar-refractivity contribution in [1.29, 1.82) is 0 Å². The van der Waals surface area contributed by atoms with Crippen LogP contribution in [0.4, 0.5) is 0 Å². The fraction of sp³-hybridized carbons (Fsp3) is 0.316. The molecule has 0 saturated carbocycles. The minimum Gasteiger partial charge on any atom is -0.336 e. The van der Waals surface area contributed by atoms with Crippen LogP contribution in [0, 0.1) is 13.8 Å². The third-order valence-electron chi connectivity index (χ3n) is 4.35. The Morgan fingerprint density at radius 1 is 1.04 bits per heavy atom. The van der Waals surface area contributed by atoms with Gasteiger partial charge >= 0.3 is 0 Å². The minimum atomic E-state index is -0.00254. The van der Waals surface area contributed by atoms with Crippen molar-refractivity contribution in [2.45, 2.75) is 25.8 Å². The summed E-state index contributed by atoms with van der Waals surface area (Å²) in [4.78, 5) is 14.6. The lowest BCUT2D eigenvalue weighted by Gasteiger charge is -2.17. The standard InChI is InChI=1S/C19H22N2O.ClH/c1-13-8-14(2)10-16(9-13)19(22)21-11-17(18(20)12-21)15-6-4-3-5-7-15;/h3-10,17-18H,11-12,20H2,1-2H3;1H/t17-,18+;/m0./s1. The van der Waals surface area contributed by atoms with Gasteiger partial charge in [-0.3, -0.25) is 4.79 Å². The van der Waals surface area contributed by atoms with E-state index in [-0.39, 0.29) is 30.3 Å². The Kier molecular flexibility index (Phi) is 5.45. The molecule has 0 aliphatic carbocycles. The zero-order valence-electron chi connectivity index (χ0n) is 13.5. The zero-order valence-corrected chi connectivity index (χ0v) is 14.3. The number of rotatable bonds is 2. The number of aryl methyl sites for hydroxylation is 2. The van der Waals surface area contributed by atoms with E-state index in [1.807, 2.05) is 49.1 Å². The smallest absolute Gasteiger partial charge is 0.253 e. The number of amides is 1. The van der Waals surface area contributed by atoms with E-state index in [4.69, 9.17) is 5.73 Å². The Hall–Kier alpha value is -1.84. The first-order valence-corrected chi connectivity index (χ1v) is 7.72. The third kappa shape index (κ3) is 3.74. The summed E-state index contributed by atoms with van der Waals surface area (Å²) in [7, 11) is 0. The molecule has 23 heavy (non-hydrogen) atoms. The Morgan fingerprint density at radius 3 is 2.26 bits per heavy atom. The monoisotopic (exact) mass is 330 g/mol. The molecule has 4 heteroatoms. The van der Waals surface area contributed by atoms with Crippen LogP contribution in [0.2, 0.25) is 0 Å². The number of hydrogen-bond donors (Lipinski definition) is 1. The van der Waals surface area contributed by atoms with Crippen molar-refractivity contribution in [3.63, 3.8) is 0 Å². The van der Waals surface area contributed by atoms with Gasteiger partial charge in [0.2, 0.25) is 0 Å². The Labute approximate surface area is 143 Å². The fourth-order valence-electron chi connectivity index (χ4n) is 3.33. The van der Waals surface area contributed by atoms with Crippen molar-refractivity contribution in [2.24, 2.45) is 5.73 Å². The summed E-state index contributed by atoms with van der Waals surface area (Å²) >= 11 is 0. The Balaban J connectivity index is 0.00000192. The molecule has 3 nitrogen and oxygen atoms in total. The van der Waals surface area contributed by atoms with Crippen LogP contribution >= 0.6 is 12.4 Å². The average Bonchev–Trinajstić information content (AvgIpc) is 2.88. The molecule has 2 atom stereocenters. The van der Waals surface area contributed by atoms with Crippen LogP contribution < -0.4 is 5.73 Å². The number of benzene rings is 2. The Bertz CT molecular complexity index is 667. The molecule has 0 unspecified atom stereocenters.